The van der Waals surface area contributed by atoms with Crippen molar-refractivity contribution >= 4 is 11.8 Å². The van der Waals surface area contributed by atoms with Crippen molar-refractivity contribution in [3.63, 3.8) is 0 Å². The second-order valence-corrected chi connectivity index (χ2v) is 11.7. The minimum absolute atomic E-state index is 0.0713. The Morgan fingerprint density at radius 1 is 0.809 bits per heavy atom. The average Bonchev–Trinajstić information content (AvgIpc) is 3.50. The molecule has 0 radical (unpaired) electrons. The van der Waals surface area contributed by atoms with E-state index in [0.717, 1.165) is 38.9 Å². The van der Waals surface area contributed by atoms with Crippen LogP contribution in [0, 0.1) is 6.92 Å². The van der Waals surface area contributed by atoms with E-state index in [4.69, 9.17) is 19.6 Å². The lowest BCUT2D eigenvalue weighted by molar-refractivity contribution is -0.130. The second kappa shape index (κ2) is 14.9. The molecule has 0 unspecified atom stereocenters. The van der Waals surface area contributed by atoms with Gasteiger partial charge in [0, 0.05) is 31.6 Å². The number of carbonyl (C=O) groups is 1. The zero-order valence-corrected chi connectivity index (χ0v) is 26.4. The van der Waals surface area contributed by atoms with Crippen molar-refractivity contribution in [2.45, 2.75) is 38.0 Å². The normalized spacial score (nSPS) is 17.1. The zero-order chi connectivity index (χ0) is 32.5. The van der Waals surface area contributed by atoms with E-state index in [-0.39, 0.29) is 12.5 Å². The van der Waals surface area contributed by atoms with Crippen molar-refractivity contribution in [3.05, 3.63) is 161 Å². The maximum Gasteiger partial charge on any atom is 0.266 e. The van der Waals surface area contributed by atoms with Crippen LogP contribution in [-0.4, -0.2) is 35.7 Å². The first-order chi connectivity index (χ1) is 23.0. The summed E-state index contributed by atoms with van der Waals surface area (Å²) < 4.78 is 12.4. The van der Waals surface area contributed by atoms with Crippen LogP contribution in [0.15, 0.2) is 138 Å². The molecule has 7 nitrogen and oxygen atoms in total. The van der Waals surface area contributed by atoms with Gasteiger partial charge in [-0.3, -0.25) is 10.2 Å². The van der Waals surface area contributed by atoms with Crippen LogP contribution >= 0.6 is 0 Å². The number of rotatable bonds is 13. The van der Waals surface area contributed by atoms with Crippen molar-refractivity contribution in [2.75, 3.05) is 13.2 Å². The smallest absolute Gasteiger partial charge is 0.266 e. The summed E-state index contributed by atoms with van der Waals surface area (Å²) in [5.41, 5.74) is 11.8. The molecule has 5 aromatic carbocycles. The van der Waals surface area contributed by atoms with Gasteiger partial charge in [-0.05, 0) is 59.0 Å². The van der Waals surface area contributed by atoms with Crippen molar-refractivity contribution < 1.29 is 19.4 Å². The Kier molecular flexibility index (Phi) is 10.1. The molecule has 0 bridgehead atoms. The number of aryl methyl sites for hydroxylation is 1. The molecular formula is C40H39N3O4. The number of aliphatic imine (C=N–C) groups is 1. The summed E-state index contributed by atoms with van der Waals surface area (Å²) in [5, 5.41) is 9.10. The van der Waals surface area contributed by atoms with E-state index in [2.05, 4.69) is 41.2 Å². The van der Waals surface area contributed by atoms with E-state index in [1.807, 2.05) is 110 Å². The fourth-order valence-electron chi connectivity index (χ4n) is 5.83. The van der Waals surface area contributed by atoms with Gasteiger partial charge < -0.3 is 14.6 Å². The molecule has 47 heavy (non-hydrogen) atoms. The van der Waals surface area contributed by atoms with Crippen LogP contribution in [0.1, 0.15) is 40.3 Å². The van der Waals surface area contributed by atoms with Crippen LogP contribution < -0.4 is 15.6 Å². The van der Waals surface area contributed by atoms with Gasteiger partial charge in [0.25, 0.3) is 5.91 Å². The highest BCUT2D eigenvalue weighted by Gasteiger charge is 2.53. The Labute approximate surface area is 275 Å². The van der Waals surface area contributed by atoms with Crippen LogP contribution in [0.4, 0.5) is 0 Å². The number of amides is 1. The van der Waals surface area contributed by atoms with Gasteiger partial charge in [0.1, 0.15) is 5.75 Å². The minimum atomic E-state index is -1.32. The summed E-state index contributed by atoms with van der Waals surface area (Å²) >= 11 is 0. The molecule has 0 saturated heterocycles. The minimum Gasteiger partial charge on any atom is -0.494 e. The van der Waals surface area contributed by atoms with Gasteiger partial charge in [0.2, 0.25) is 5.90 Å². The summed E-state index contributed by atoms with van der Waals surface area (Å²) in [6, 6.07) is 43.9. The van der Waals surface area contributed by atoms with Crippen LogP contribution in [0.25, 0.3) is 11.1 Å². The van der Waals surface area contributed by atoms with E-state index in [0.29, 0.717) is 37.6 Å². The molecule has 7 heteroatoms. The topological polar surface area (TPSA) is 92.2 Å². The molecule has 2 atom stereocenters. The van der Waals surface area contributed by atoms with Crippen molar-refractivity contribution in [1.82, 2.24) is 10.9 Å². The highest BCUT2D eigenvalue weighted by molar-refractivity contribution is 6.01. The number of benzene rings is 5. The van der Waals surface area contributed by atoms with E-state index < -0.39 is 11.6 Å². The maximum atomic E-state index is 14.5. The number of nitrogens with one attached hydrogen (secondary N) is 2. The third-order valence-corrected chi connectivity index (χ3v) is 8.24. The molecule has 3 N–H and O–H groups in total. The van der Waals surface area contributed by atoms with Gasteiger partial charge >= 0.3 is 0 Å². The largest absolute Gasteiger partial charge is 0.494 e. The van der Waals surface area contributed by atoms with Crippen LogP contribution in [0.2, 0.25) is 0 Å². The van der Waals surface area contributed by atoms with Crippen LogP contribution in [0.3, 0.4) is 0 Å². The molecule has 0 spiro atoms. The number of nitrogens with zero attached hydrogens (tertiary/aromatic N) is 1. The molecule has 0 saturated carbocycles. The van der Waals surface area contributed by atoms with Gasteiger partial charge in [-0.2, -0.15) is 0 Å². The predicted molar refractivity (Wildman–Crippen MR) is 185 cm³/mol. The highest BCUT2D eigenvalue weighted by Crippen LogP contribution is 2.43. The predicted octanol–water partition coefficient (Wildman–Crippen LogP) is 6.74. The lowest BCUT2D eigenvalue weighted by atomic mass is 9.82. The summed E-state index contributed by atoms with van der Waals surface area (Å²) in [6.45, 7) is 3.00. The Bertz CT molecular complexity index is 1790. The molecule has 238 valence electrons. The molecule has 5 aromatic rings. The van der Waals surface area contributed by atoms with E-state index in [1.54, 1.807) is 0 Å². The summed E-state index contributed by atoms with van der Waals surface area (Å²) in [4.78, 5) is 19.6. The summed E-state index contributed by atoms with van der Waals surface area (Å²) in [7, 11) is 0. The molecule has 1 amide bonds. The van der Waals surface area contributed by atoms with Gasteiger partial charge in [-0.15, -0.1) is 0 Å². The lowest BCUT2D eigenvalue weighted by Crippen LogP contribution is -2.53. The lowest BCUT2D eigenvalue weighted by Gasteiger charge is -2.31. The highest BCUT2D eigenvalue weighted by atomic mass is 16.5. The number of aliphatic hydroxyl groups excluding tert-OH is 1. The van der Waals surface area contributed by atoms with Gasteiger partial charge in [-0.1, -0.05) is 115 Å². The van der Waals surface area contributed by atoms with Crippen molar-refractivity contribution in [1.29, 1.82) is 0 Å². The monoisotopic (exact) mass is 625 g/mol. The van der Waals surface area contributed by atoms with Crippen molar-refractivity contribution in [3.8, 4) is 16.9 Å². The SMILES string of the molecule is Cc1cccc(CNNC(=O)[C@@]2(Cc3ccccc3)N=C(c3ccc(OCCCO)cc3)O[C@H]2c2ccc(-c3ccccc3)cc2)c1. The van der Waals surface area contributed by atoms with E-state index in [9.17, 15) is 4.79 Å². The Morgan fingerprint density at radius 2 is 1.47 bits per heavy atom. The number of hydrazine groups is 1. The standard InChI is InChI=1S/C40H39N3O4/c1-29-10-8-13-31(26-29)28-41-43-39(45)40(27-30-11-4-2-5-12-30)37(34-18-16-33(17-19-34)32-14-6-3-7-15-32)47-38(42-40)35-20-22-36(23-21-35)46-25-9-24-44/h2-8,10-23,26,37,41,44H,9,24-25,27-28H2,1H3,(H,43,45)/t37-,40-/m0/s1. The average molecular weight is 626 g/mol. The summed E-state index contributed by atoms with van der Waals surface area (Å²) in [6.07, 6.45) is 0.170. The second-order valence-electron chi connectivity index (χ2n) is 11.7. The van der Waals surface area contributed by atoms with E-state index in [1.165, 1.54) is 0 Å². The number of hydrogen-bond acceptors (Lipinski definition) is 6. The van der Waals surface area contributed by atoms with Gasteiger partial charge in [0.15, 0.2) is 11.6 Å². The van der Waals surface area contributed by atoms with Gasteiger partial charge in [-0.25, -0.2) is 10.4 Å². The first-order valence-corrected chi connectivity index (χ1v) is 15.9. The van der Waals surface area contributed by atoms with Crippen LogP contribution in [0.5, 0.6) is 5.75 Å². The maximum absolute atomic E-state index is 14.5. The molecule has 1 aliphatic rings. The third-order valence-electron chi connectivity index (χ3n) is 8.24. The van der Waals surface area contributed by atoms with Crippen molar-refractivity contribution in [2.24, 2.45) is 4.99 Å². The first-order valence-electron chi connectivity index (χ1n) is 15.9. The Morgan fingerprint density at radius 3 is 2.17 bits per heavy atom. The van der Waals surface area contributed by atoms with Crippen LogP contribution in [-0.2, 0) is 22.5 Å². The molecule has 1 heterocycles. The molecule has 6 rings (SSSR count). The number of ether oxygens (including phenoxy) is 2. The molecule has 1 aliphatic heterocycles. The zero-order valence-electron chi connectivity index (χ0n) is 26.4. The first kappa shape index (κ1) is 31.7. The Hall–Kier alpha value is -5.24. The Balaban J connectivity index is 1.36. The molecule has 0 fully saturated rings. The third kappa shape index (κ3) is 7.60. The van der Waals surface area contributed by atoms with E-state index >= 15 is 0 Å². The molecule has 0 aromatic heterocycles. The fraction of sp³-hybridized carbons (Fsp3) is 0.200. The number of carbonyl (C=O) groups excluding carboxylic acids is 1. The summed E-state index contributed by atoms with van der Waals surface area (Å²) in [5.74, 6) is 0.779. The quantitative estimate of drug-likeness (QED) is 0.0996. The molecular weight excluding hydrogens is 586 g/mol. The fourth-order valence-corrected chi connectivity index (χ4v) is 5.83. The molecule has 0 aliphatic carbocycles. The number of aliphatic hydroxyl groups is 1. The number of hydrogen-bond donors (Lipinski definition) is 3. The van der Waals surface area contributed by atoms with Gasteiger partial charge in [0.05, 0.1) is 6.61 Å².